The van der Waals surface area contributed by atoms with E-state index in [4.69, 9.17) is 21.1 Å². The Morgan fingerprint density at radius 3 is 2.49 bits per heavy atom. The summed E-state index contributed by atoms with van der Waals surface area (Å²) >= 11 is 6.35. The molecule has 0 aliphatic carbocycles. The van der Waals surface area contributed by atoms with Crippen LogP contribution in [0, 0.1) is 13.8 Å². The summed E-state index contributed by atoms with van der Waals surface area (Å²) in [6.07, 6.45) is 5.34. The molecule has 200 valence electrons. The van der Waals surface area contributed by atoms with Gasteiger partial charge in [-0.25, -0.2) is 0 Å². The molecule has 1 aromatic heterocycles. The van der Waals surface area contributed by atoms with Crippen molar-refractivity contribution >= 4 is 23.4 Å². The van der Waals surface area contributed by atoms with Crippen molar-refractivity contribution in [2.24, 2.45) is 0 Å². The monoisotopic (exact) mass is 528 g/mol. The summed E-state index contributed by atoms with van der Waals surface area (Å²) in [6.45, 7) is 9.58. The number of hydrogen-bond acceptors (Lipinski definition) is 6. The molecule has 0 unspecified atom stereocenters. The van der Waals surface area contributed by atoms with Crippen molar-refractivity contribution in [1.82, 2.24) is 20.1 Å². The van der Waals surface area contributed by atoms with Gasteiger partial charge in [-0.2, -0.15) is 0 Å². The number of piperidine rings is 1. The standard InChI is InChI=1S/C28H37ClN4O4/c1-20-14-25(15-21(2)27(20)29)36-19-28(16-26(35)33-10-6-24(7-11-33)31-22(3)34)18-32(12-13-37-28)17-23-4-8-30-9-5-23/h4-5,8-9,14-15,24H,6-7,10-13,16-19H2,1-3H3,(H,31,34)/t28-/m0/s1. The lowest BCUT2D eigenvalue weighted by molar-refractivity contribution is -0.157. The average Bonchev–Trinajstić information content (AvgIpc) is 2.87. The largest absolute Gasteiger partial charge is 0.490 e. The first-order valence-electron chi connectivity index (χ1n) is 12.9. The molecule has 2 aromatic rings. The van der Waals surface area contributed by atoms with Gasteiger partial charge in [-0.15, -0.1) is 0 Å². The molecule has 2 aliphatic heterocycles. The zero-order valence-electron chi connectivity index (χ0n) is 22.0. The van der Waals surface area contributed by atoms with Crippen LogP contribution in [0.25, 0.3) is 0 Å². The van der Waals surface area contributed by atoms with E-state index in [0.29, 0.717) is 26.2 Å². The predicted molar refractivity (Wildman–Crippen MR) is 143 cm³/mol. The van der Waals surface area contributed by atoms with E-state index in [1.54, 1.807) is 12.4 Å². The summed E-state index contributed by atoms with van der Waals surface area (Å²) in [5, 5.41) is 3.70. The van der Waals surface area contributed by atoms with Gasteiger partial charge >= 0.3 is 0 Å². The Balaban J connectivity index is 1.47. The number of nitrogens with one attached hydrogen (secondary N) is 1. The number of ether oxygens (including phenoxy) is 2. The number of likely N-dealkylation sites (tertiary alicyclic amines) is 1. The van der Waals surface area contributed by atoms with E-state index < -0.39 is 5.60 Å². The maximum atomic E-state index is 13.5. The van der Waals surface area contributed by atoms with Crippen LogP contribution in [0.15, 0.2) is 36.7 Å². The molecule has 8 nitrogen and oxygen atoms in total. The number of aromatic nitrogens is 1. The molecule has 1 N–H and O–H groups in total. The molecule has 3 heterocycles. The fraction of sp³-hybridized carbons (Fsp3) is 0.536. The van der Waals surface area contributed by atoms with Crippen molar-refractivity contribution in [2.45, 2.75) is 58.2 Å². The van der Waals surface area contributed by atoms with Crippen LogP contribution in [0.5, 0.6) is 5.75 Å². The van der Waals surface area contributed by atoms with Gasteiger partial charge in [0.2, 0.25) is 11.8 Å². The molecule has 37 heavy (non-hydrogen) atoms. The van der Waals surface area contributed by atoms with Gasteiger partial charge in [0.05, 0.1) is 13.0 Å². The second kappa shape index (κ2) is 12.2. The Kier molecular flexibility index (Phi) is 9.05. The van der Waals surface area contributed by atoms with E-state index >= 15 is 0 Å². The first-order valence-corrected chi connectivity index (χ1v) is 13.3. The summed E-state index contributed by atoms with van der Waals surface area (Å²) in [6, 6.07) is 8.00. The molecular weight excluding hydrogens is 492 g/mol. The molecule has 1 atom stereocenters. The fourth-order valence-electron chi connectivity index (χ4n) is 5.20. The molecule has 0 bridgehead atoms. The fourth-order valence-corrected chi connectivity index (χ4v) is 5.31. The third-order valence-corrected chi connectivity index (χ3v) is 7.72. The number of rotatable bonds is 8. The first kappa shape index (κ1) is 27.4. The zero-order chi connectivity index (χ0) is 26.4. The first-order chi connectivity index (χ1) is 17.7. The topological polar surface area (TPSA) is 84.0 Å². The number of amides is 2. The highest BCUT2D eigenvalue weighted by Gasteiger charge is 2.41. The van der Waals surface area contributed by atoms with Gasteiger partial charge in [-0.3, -0.25) is 19.5 Å². The van der Waals surface area contributed by atoms with Gasteiger partial charge in [0.25, 0.3) is 0 Å². The lowest BCUT2D eigenvalue weighted by Crippen LogP contribution is -2.57. The number of aryl methyl sites for hydroxylation is 2. The number of pyridine rings is 1. The molecule has 2 amide bonds. The van der Waals surface area contributed by atoms with Gasteiger partial charge < -0.3 is 19.7 Å². The van der Waals surface area contributed by atoms with Crippen LogP contribution < -0.4 is 10.1 Å². The van der Waals surface area contributed by atoms with Crippen LogP contribution in [0.3, 0.4) is 0 Å². The van der Waals surface area contributed by atoms with Crippen LogP contribution >= 0.6 is 11.6 Å². The van der Waals surface area contributed by atoms with E-state index in [0.717, 1.165) is 47.8 Å². The Morgan fingerprint density at radius 2 is 1.84 bits per heavy atom. The quantitative estimate of drug-likeness (QED) is 0.564. The molecule has 0 radical (unpaired) electrons. The number of hydrogen-bond donors (Lipinski definition) is 1. The molecular formula is C28H37ClN4O4. The zero-order valence-corrected chi connectivity index (χ0v) is 22.7. The Morgan fingerprint density at radius 1 is 1.16 bits per heavy atom. The number of nitrogens with zero attached hydrogens (tertiary/aromatic N) is 3. The van der Waals surface area contributed by atoms with Crippen molar-refractivity contribution in [2.75, 3.05) is 39.4 Å². The minimum atomic E-state index is -0.779. The van der Waals surface area contributed by atoms with Crippen LogP contribution in [-0.2, 0) is 20.9 Å². The summed E-state index contributed by atoms with van der Waals surface area (Å²) in [4.78, 5) is 33.2. The molecule has 4 rings (SSSR count). The van der Waals surface area contributed by atoms with E-state index in [-0.39, 0.29) is 30.9 Å². The van der Waals surface area contributed by atoms with Crippen molar-refractivity contribution in [3.05, 3.63) is 58.4 Å². The maximum absolute atomic E-state index is 13.5. The lowest BCUT2D eigenvalue weighted by atomic mass is 9.95. The normalized spacial score (nSPS) is 21.0. The molecule has 2 saturated heterocycles. The van der Waals surface area contributed by atoms with Crippen molar-refractivity contribution in [3.63, 3.8) is 0 Å². The van der Waals surface area contributed by atoms with Crippen molar-refractivity contribution in [3.8, 4) is 5.75 Å². The second-order valence-electron chi connectivity index (χ2n) is 10.3. The lowest BCUT2D eigenvalue weighted by Gasteiger charge is -2.43. The number of benzene rings is 1. The number of halogens is 1. The van der Waals surface area contributed by atoms with Gasteiger partial charge in [-0.05, 0) is 67.6 Å². The Labute approximate surface area is 224 Å². The highest BCUT2D eigenvalue weighted by molar-refractivity contribution is 6.32. The van der Waals surface area contributed by atoms with Gasteiger partial charge in [-0.1, -0.05) is 11.6 Å². The maximum Gasteiger partial charge on any atom is 0.225 e. The summed E-state index contributed by atoms with van der Waals surface area (Å²) < 4.78 is 12.6. The third kappa shape index (κ3) is 7.43. The Bertz CT molecular complexity index is 1070. The minimum absolute atomic E-state index is 0.0292. The van der Waals surface area contributed by atoms with E-state index in [9.17, 15) is 9.59 Å². The van der Waals surface area contributed by atoms with Crippen LogP contribution in [0.2, 0.25) is 5.02 Å². The molecule has 9 heteroatoms. The van der Waals surface area contributed by atoms with Gasteiger partial charge in [0, 0.05) is 63.1 Å². The van der Waals surface area contributed by atoms with Crippen molar-refractivity contribution in [1.29, 1.82) is 0 Å². The Hall–Kier alpha value is -2.68. The highest BCUT2D eigenvalue weighted by atomic mass is 35.5. The molecule has 2 fully saturated rings. The average molecular weight is 529 g/mol. The molecule has 1 aromatic carbocycles. The van der Waals surface area contributed by atoms with Crippen LogP contribution in [0.1, 0.15) is 42.9 Å². The van der Waals surface area contributed by atoms with E-state index in [1.165, 1.54) is 12.5 Å². The molecule has 0 spiro atoms. The smallest absolute Gasteiger partial charge is 0.225 e. The van der Waals surface area contributed by atoms with Crippen LogP contribution in [-0.4, -0.2) is 77.6 Å². The van der Waals surface area contributed by atoms with Gasteiger partial charge in [0.1, 0.15) is 18.0 Å². The number of carbonyl (C=O) groups excluding carboxylic acids is 2. The molecule has 0 saturated carbocycles. The predicted octanol–water partition coefficient (Wildman–Crippen LogP) is 3.52. The SMILES string of the molecule is CC(=O)NC1CCN(C(=O)C[C@@]2(COc3cc(C)c(Cl)c(C)c3)CN(Cc3ccncc3)CCO2)CC1. The number of carbonyl (C=O) groups is 2. The minimum Gasteiger partial charge on any atom is -0.490 e. The second-order valence-corrected chi connectivity index (χ2v) is 10.7. The van der Waals surface area contributed by atoms with E-state index in [1.807, 2.05) is 43.0 Å². The summed E-state index contributed by atoms with van der Waals surface area (Å²) in [5.74, 6) is 0.745. The number of morpholine rings is 1. The van der Waals surface area contributed by atoms with Gasteiger partial charge in [0.15, 0.2) is 0 Å². The van der Waals surface area contributed by atoms with Crippen LogP contribution in [0.4, 0.5) is 0 Å². The van der Waals surface area contributed by atoms with Crippen molar-refractivity contribution < 1.29 is 19.1 Å². The summed E-state index contributed by atoms with van der Waals surface area (Å²) in [7, 11) is 0. The molecule has 2 aliphatic rings. The highest BCUT2D eigenvalue weighted by Crippen LogP contribution is 2.30. The third-order valence-electron chi connectivity index (χ3n) is 7.12. The summed E-state index contributed by atoms with van der Waals surface area (Å²) in [5.41, 5.74) is 2.29. The van der Waals surface area contributed by atoms with E-state index in [2.05, 4.69) is 15.2 Å².